The number of allylic oxidation sites excluding steroid dienone is 3. The maximum Gasteiger partial charge on any atom is 0.336 e. The van der Waals surface area contributed by atoms with Gasteiger partial charge in [0.05, 0.1) is 23.3 Å². The highest BCUT2D eigenvalue weighted by atomic mass is 16.6. The number of nitrogens with zero attached hydrogens (tertiary/aromatic N) is 2. The van der Waals surface area contributed by atoms with Crippen LogP contribution in [0.2, 0.25) is 0 Å². The molecule has 1 aromatic heterocycles. The van der Waals surface area contributed by atoms with Gasteiger partial charge in [-0.15, -0.1) is 0 Å². The molecule has 1 unspecified atom stereocenters. The van der Waals surface area contributed by atoms with Crippen molar-refractivity contribution in [2.24, 2.45) is 0 Å². The van der Waals surface area contributed by atoms with Crippen LogP contribution >= 0.6 is 0 Å². The fourth-order valence-electron chi connectivity index (χ4n) is 3.56. The van der Waals surface area contributed by atoms with Crippen LogP contribution in [0.3, 0.4) is 0 Å². The van der Waals surface area contributed by atoms with E-state index in [2.05, 4.69) is 10.3 Å². The molecule has 1 aliphatic heterocycles. The van der Waals surface area contributed by atoms with Crippen LogP contribution < -0.4 is 5.32 Å². The first kappa shape index (κ1) is 19.3. The van der Waals surface area contributed by atoms with E-state index in [0.717, 1.165) is 17.0 Å². The van der Waals surface area contributed by atoms with Gasteiger partial charge in [0.15, 0.2) is 0 Å². The minimum absolute atomic E-state index is 0.0351. The number of dihydropyridines is 1. The van der Waals surface area contributed by atoms with Gasteiger partial charge in [-0.1, -0.05) is 18.2 Å². The molecule has 1 aromatic carbocycles. The molecule has 0 fully saturated rings. The first-order chi connectivity index (χ1) is 13.3. The van der Waals surface area contributed by atoms with Crippen molar-refractivity contribution in [1.29, 1.82) is 0 Å². The van der Waals surface area contributed by atoms with Crippen LogP contribution in [0.5, 0.6) is 0 Å². The van der Waals surface area contributed by atoms with Gasteiger partial charge >= 0.3 is 5.97 Å². The number of esters is 1. The number of nitro groups is 1. The van der Waals surface area contributed by atoms with Gasteiger partial charge in [0, 0.05) is 40.7 Å². The highest BCUT2D eigenvalue weighted by Gasteiger charge is 2.35. The van der Waals surface area contributed by atoms with Crippen molar-refractivity contribution >= 4 is 17.2 Å². The second kappa shape index (κ2) is 7.64. The van der Waals surface area contributed by atoms with E-state index in [9.17, 15) is 14.9 Å². The van der Waals surface area contributed by atoms with Gasteiger partial charge in [0.2, 0.25) is 0 Å². The Hall–Kier alpha value is -3.48. The van der Waals surface area contributed by atoms with Crippen LogP contribution in [0.25, 0.3) is 5.57 Å². The van der Waals surface area contributed by atoms with Crippen molar-refractivity contribution in [3.8, 4) is 0 Å². The average Bonchev–Trinajstić information content (AvgIpc) is 2.67. The Kier molecular flexibility index (Phi) is 5.26. The third kappa shape index (κ3) is 3.51. The SMILES string of the molecule is COC(=O)C1=C(C)NC(C)=C(c2cccc(C)n2)C1c1cccc([N+](=O)[O-])c1. The lowest BCUT2D eigenvalue weighted by molar-refractivity contribution is -0.384. The topological polar surface area (TPSA) is 94.4 Å². The molecular formula is C21H21N3O4. The lowest BCUT2D eigenvalue weighted by atomic mass is 9.79. The van der Waals surface area contributed by atoms with E-state index in [1.807, 2.05) is 32.0 Å². The minimum atomic E-state index is -0.539. The molecule has 144 valence electrons. The summed E-state index contributed by atoms with van der Waals surface area (Å²) in [6.07, 6.45) is 0. The zero-order chi connectivity index (χ0) is 20.4. The van der Waals surface area contributed by atoms with Crippen molar-refractivity contribution in [2.45, 2.75) is 26.7 Å². The number of aromatic nitrogens is 1. The molecule has 0 amide bonds. The predicted molar refractivity (Wildman–Crippen MR) is 105 cm³/mol. The Morgan fingerprint density at radius 3 is 2.50 bits per heavy atom. The van der Waals surface area contributed by atoms with E-state index in [-0.39, 0.29) is 5.69 Å². The largest absolute Gasteiger partial charge is 0.466 e. The average molecular weight is 379 g/mol. The van der Waals surface area contributed by atoms with Crippen LogP contribution in [0.15, 0.2) is 59.4 Å². The molecule has 1 atom stereocenters. The molecule has 0 saturated heterocycles. The second-order valence-corrected chi connectivity index (χ2v) is 6.64. The van der Waals surface area contributed by atoms with Crippen molar-refractivity contribution in [3.63, 3.8) is 0 Å². The van der Waals surface area contributed by atoms with Gasteiger partial charge < -0.3 is 10.1 Å². The van der Waals surface area contributed by atoms with Crippen molar-refractivity contribution in [2.75, 3.05) is 7.11 Å². The fourth-order valence-corrected chi connectivity index (χ4v) is 3.56. The summed E-state index contributed by atoms with van der Waals surface area (Å²) in [5.74, 6) is -1.03. The van der Waals surface area contributed by atoms with E-state index in [4.69, 9.17) is 4.74 Å². The van der Waals surface area contributed by atoms with Gasteiger partial charge in [-0.3, -0.25) is 15.1 Å². The molecule has 0 spiro atoms. The molecule has 7 heteroatoms. The number of carbonyl (C=O) groups is 1. The quantitative estimate of drug-likeness (QED) is 0.492. The normalized spacial score (nSPS) is 16.6. The zero-order valence-corrected chi connectivity index (χ0v) is 16.1. The van der Waals surface area contributed by atoms with Gasteiger partial charge in [0.1, 0.15) is 0 Å². The minimum Gasteiger partial charge on any atom is -0.466 e. The van der Waals surface area contributed by atoms with Crippen LogP contribution in [0.4, 0.5) is 5.69 Å². The van der Waals surface area contributed by atoms with Crippen molar-refractivity contribution in [3.05, 3.63) is 86.5 Å². The molecule has 1 N–H and O–H groups in total. The fraction of sp³-hybridized carbons (Fsp3) is 0.238. The Bertz CT molecular complexity index is 1020. The maximum absolute atomic E-state index is 12.6. The number of ether oxygens (including phenoxy) is 1. The molecule has 28 heavy (non-hydrogen) atoms. The van der Waals surface area contributed by atoms with E-state index >= 15 is 0 Å². The van der Waals surface area contributed by atoms with Gasteiger partial charge in [-0.2, -0.15) is 0 Å². The first-order valence-electron chi connectivity index (χ1n) is 8.78. The van der Waals surface area contributed by atoms with Crippen molar-refractivity contribution in [1.82, 2.24) is 10.3 Å². The highest BCUT2D eigenvalue weighted by Crippen LogP contribution is 2.43. The third-order valence-corrected chi connectivity index (χ3v) is 4.74. The number of nitro benzene ring substituents is 1. The molecule has 0 aliphatic carbocycles. The van der Waals surface area contributed by atoms with Gasteiger partial charge in [0.25, 0.3) is 5.69 Å². The number of pyridine rings is 1. The Labute approximate surface area is 162 Å². The second-order valence-electron chi connectivity index (χ2n) is 6.64. The monoisotopic (exact) mass is 379 g/mol. The predicted octanol–water partition coefficient (Wildman–Crippen LogP) is 3.86. The molecule has 0 saturated carbocycles. The Morgan fingerprint density at radius 2 is 1.86 bits per heavy atom. The van der Waals surface area contributed by atoms with Crippen LogP contribution in [0, 0.1) is 17.0 Å². The molecule has 0 radical (unpaired) electrons. The number of non-ortho nitro benzene ring substituents is 1. The Morgan fingerprint density at radius 1 is 1.14 bits per heavy atom. The van der Waals surface area contributed by atoms with E-state index in [1.54, 1.807) is 19.1 Å². The summed E-state index contributed by atoms with van der Waals surface area (Å²) in [5.41, 5.74) is 4.82. The summed E-state index contributed by atoms with van der Waals surface area (Å²) in [6.45, 7) is 5.59. The lowest BCUT2D eigenvalue weighted by Gasteiger charge is -2.31. The van der Waals surface area contributed by atoms with Gasteiger partial charge in [-0.05, 0) is 38.5 Å². The third-order valence-electron chi connectivity index (χ3n) is 4.74. The number of benzene rings is 1. The van der Waals surface area contributed by atoms with Gasteiger partial charge in [-0.25, -0.2) is 4.79 Å². The molecule has 1 aliphatic rings. The summed E-state index contributed by atoms with van der Waals surface area (Å²) in [5, 5.41) is 14.5. The molecule has 0 bridgehead atoms. The number of nitrogens with one attached hydrogen (secondary N) is 1. The lowest BCUT2D eigenvalue weighted by Crippen LogP contribution is -2.28. The zero-order valence-electron chi connectivity index (χ0n) is 16.1. The molecule has 2 heterocycles. The van der Waals surface area contributed by atoms with E-state index in [1.165, 1.54) is 19.2 Å². The molecular weight excluding hydrogens is 358 g/mol. The summed E-state index contributed by atoms with van der Waals surface area (Å²) in [4.78, 5) is 28.1. The van der Waals surface area contributed by atoms with E-state index < -0.39 is 16.8 Å². The number of hydrogen-bond acceptors (Lipinski definition) is 6. The van der Waals surface area contributed by atoms with Crippen LogP contribution in [-0.2, 0) is 9.53 Å². The van der Waals surface area contributed by atoms with Crippen LogP contribution in [0.1, 0.15) is 36.7 Å². The smallest absolute Gasteiger partial charge is 0.336 e. The summed E-state index contributed by atoms with van der Waals surface area (Å²) < 4.78 is 5.02. The van der Waals surface area contributed by atoms with E-state index in [0.29, 0.717) is 22.5 Å². The van der Waals surface area contributed by atoms with Crippen LogP contribution in [-0.4, -0.2) is 23.0 Å². The summed E-state index contributed by atoms with van der Waals surface area (Å²) >= 11 is 0. The number of carbonyl (C=O) groups excluding carboxylic acids is 1. The molecule has 7 nitrogen and oxygen atoms in total. The van der Waals surface area contributed by atoms with Crippen molar-refractivity contribution < 1.29 is 14.5 Å². The summed E-state index contributed by atoms with van der Waals surface area (Å²) in [6, 6.07) is 12.0. The first-order valence-corrected chi connectivity index (χ1v) is 8.78. The number of aryl methyl sites for hydroxylation is 1. The highest BCUT2D eigenvalue weighted by molar-refractivity contribution is 5.97. The summed E-state index contributed by atoms with van der Waals surface area (Å²) in [7, 11) is 1.32. The number of hydrogen-bond donors (Lipinski definition) is 1. The molecule has 2 aromatic rings. The Balaban J connectivity index is 2.28. The maximum atomic E-state index is 12.6. The number of methoxy groups -OCH3 is 1. The number of rotatable bonds is 4. The standard InChI is InChI=1S/C21H21N3O4/c1-12-7-5-10-17(22-12)18-13(2)23-14(3)19(21(25)28-4)20(18)15-8-6-9-16(11-15)24(26)27/h5-11,20,23H,1-4H3. The molecule has 3 rings (SSSR count).